The van der Waals surface area contributed by atoms with Gasteiger partial charge in [-0.05, 0) is 73.7 Å². The molecule has 1 aliphatic rings. The summed E-state index contributed by atoms with van der Waals surface area (Å²) < 4.78 is 5.72. The molecule has 1 heterocycles. The molecule has 1 saturated heterocycles. The Bertz CT molecular complexity index is 747. The van der Waals surface area contributed by atoms with Crippen LogP contribution in [0, 0.1) is 5.92 Å². The Labute approximate surface area is 175 Å². The second-order valence-corrected chi connectivity index (χ2v) is 8.15. The van der Waals surface area contributed by atoms with Crippen LogP contribution in [-0.2, 0) is 13.0 Å². The lowest BCUT2D eigenvalue weighted by Crippen LogP contribution is -2.32. The molecule has 0 saturated carbocycles. The van der Waals surface area contributed by atoms with E-state index in [1.165, 1.54) is 37.1 Å². The van der Waals surface area contributed by atoms with Crippen molar-refractivity contribution in [3.05, 3.63) is 65.2 Å². The average Bonchev–Trinajstić information content (AvgIpc) is 2.74. The summed E-state index contributed by atoms with van der Waals surface area (Å²) in [6, 6.07) is 16.2. The molecule has 3 rings (SSSR count). The van der Waals surface area contributed by atoms with Gasteiger partial charge in [-0.2, -0.15) is 0 Å². The molecule has 4 heteroatoms. The van der Waals surface area contributed by atoms with Gasteiger partial charge in [0.2, 0.25) is 0 Å². The van der Waals surface area contributed by atoms with Crippen molar-refractivity contribution in [1.82, 2.24) is 10.2 Å². The molecule has 1 aliphatic heterocycles. The number of ether oxygens (including phenoxy) is 1. The van der Waals surface area contributed by atoms with Crippen LogP contribution in [0.15, 0.2) is 48.5 Å². The molecule has 156 valence electrons. The highest BCUT2D eigenvalue weighted by molar-refractivity contribution is 5.94. The molecule has 2 aromatic rings. The first-order valence-corrected chi connectivity index (χ1v) is 10.9. The van der Waals surface area contributed by atoms with E-state index in [2.05, 4.69) is 48.3 Å². The van der Waals surface area contributed by atoms with Crippen molar-refractivity contribution >= 4 is 5.91 Å². The maximum Gasteiger partial charge on any atom is 0.251 e. The van der Waals surface area contributed by atoms with E-state index in [1.54, 1.807) is 0 Å². The van der Waals surface area contributed by atoms with Gasteiger partial charge >= 0.3 is 0 Å². The quantitative estimate of drug-likeness (QED) is 0.628. The van der Waals surface area contributed by atoms with Crippen LogP contribution in [0.4, 0.5) is 0 Å². The Kier molecular flexibility index (Phi) is 8.12. The highest BCUT2D eigenvalue weighted by atomic mass is 16.5. The molecule has 0 bridgehead atoms. The largest absolute Gasteiger partial charge is 0.492 e. The lowest BCUT2D eigenvalue weighted by molar-refractivity contribution is 0.0947. The van der Waals surface area contributed by atoms with E-state index in [4.69, 9.17) is 4.74 Å². The zero-order chi connectivity index (χ0) is 20.5. The Morgan fingerprint density at radius 1 is 1.03 bits per heavy atom. The van der Waals surface area contributed by atoms with Gasteiger partial charge in [0.15, 0.2) is 0 Å². The van der Waals surface area contributed by atoms with Crippen molar-refractivity contribution in [1.29, 1.82) is 0 Å². The zero-order valence-corrected chi connectivity index (χ0v) is 17.8. The van der Waals surface area contributed by atoms with Gasteiger partial charge in [0.05, 0.1) is 6.54 Å². The Hall–Kier alpha value is -2.33. The minimum atomic E-state index is -0.0507. The Balaban J connectivity index is 1.38. The van der Waals surface area contributed by atoms with Crippen LogP contribution in [0.3, 0.4) is 0 Å². The van der Waals surface area contributed by atoms with Crippen LogP contribution in [0.1, 0.15) is 54.6 Å². The van der Waals surface area contributed by atoms with Crippen LogP contribution in [-0.4, -0.2) is 37.0 Å². The third-order valence-corrected chi connectivity index (χ3v) is 5.62. The predicted molar refractivity (Wildman–Crippen MR) is 118 cm³/mol. The van der Waals surface area contributed by atoms with Crippen molar-refractivity contribution in [2.45, 2.75) is 46.1 Å². The molecular weight excluding hydrogens is 360 g/mol. The predicted octanol–water partition coefficient (Wildman–Crippen LogP) is 4.68. The van der Waals surface area contributed by atoms with Crippen molar-refractivity contribution in [2.75, 3.05) is 26.2 Å². The third kappa shape index (κ3) is 6.90. The summed E-state index contributed by atoms with van der Waals surface area (Å²) in [5, 5.41) is 2.93. The SMILES string of the molecule is CCCc1ccc(OCCNC(=O)c2ccc(CN3CCC(C)CC3)cc2)cc1. The molecule has 0 unspecified atom stereocenters. The molecule has 1 amide bonds. The minimum Gasteiger partial charge on any atom is -0.492 e. The number of likely N-dealkylation sites (tertiary alicyclic amines) is 1. The molecule has 0 aromatic heterocycles. The highest BCUT2D eigenvalue weighted by Gasteiger charge is 2.15. The first kappa shape index (κ1) is 21.4. The number of hydrogen-bond donors (Lipinski definition) is 1. The first-order valence-electron chi connectivity index (χ1n) is 10.9. The summed E-state index contributed by atoms with van der Waals surface area (Å²) >= 11 is 0. The van der Waals surface area contributed by atoms with E-state index in [0.29, 0.717) is 18.7 Å². The second kappa shape index (κ2) is 11.0. The number of benzene rings is 2. The molecule has 29 heavy (non-hydrogen) atoms. The molecular formula is C25H34N2O2. The van der Waals surface area contributed by atoms with Gasteiger partial charge in [0.1, 0.15) is 12.4 Å². The summed E-state index contributed by atoms with van der Waals surface area (Å²) in [5.41, 5.74) is 3.29. The lowest BCUT2D eigenvalue weighted by atomic mass is 9.99. The van der Waals surface area contributed by atoms with E-state index in [1.807, 2.05) is 24.3 Å². The van der Waals surface area contributed by atoms with Crippen molar-refractivity contribution in [2.24, 2.45) is 5.92 Å². The number of nitrogens with one attached hydrogen (secondary N) is 1. The smallest absolute Gasteiger partial charge is 0.251 e. The monoisotopic (exact) mass is 394 g/mol. The van der Waals surface area contributed by atoms with E-state index in [9.17, 15) is 4.79 Å². The normalized spacial score (nSPS) is 15.2. The van der Waals surface area contributed by atoms with Crippen LogP contribution in [0.2, 0.25) is 0 Å². The summed E-state index contributed by atoms with van der Waals surface area (Å²) in [4.78, 5) is 14.8. The van der Waals surface area contributed by atoms with Gasteiger partial charge in [0, 0.05) is 12.1 Å². The molecule has 4 nitrogen and oxygen atoms in total. The van der Waals surface area contributed by atoms with E-state index < -0.39 is 0 Å². The third-order valence-electron chi connectivity index (χ3n) is 5.62. The van der Waals surface area contributed by atoms with Crippen LogP contribution >= 0.6 is 0 Å². The van der Waals surface area contributed by atoms with Gasteiger partial charge in [0.25, 0.3) is 5.91 Å². The van der Waals surface area contributed by atoms with Gasteiger partial charge in [-0.1, -0.05) is 44.5 Å². The maximum absolute atomic E-state index is 12.3. The molecule has 2 aromatic carbocycles. The number of amides is 1. The molecule has 0 aliphatic carbocycles. The van der Waals surface area contributed by atoms with E-state index in [-0.39, 0.29) is 5.91 Å². The van der Waals surface area contributed by atoms with Crippen LogP contribution in [0.5, 0.6) is 5.75 Å². The fourth-order valence-electron chi connectivity index (χ4n) is 3.72. The van der Waals surface area contributed by atoms with Crippen LogP contribution in [0.25, 0.3) is 0 Å². The Morgan fingerprint density at radius 2 is 1.69 bits per heavy atom. The minimum absolute atomic E-state index is 0.0507. The van der Waals surface area contributed by atoms with Crippen molar-refractivity contribution in [3.63, 3.8) is 0 Å². The van der Waals surface area contributed by atoms with Gasteiger partial charge in [-0.25, -0.2) is 0 Å². The van der Waals surface area contributed by atoms with Gasteiger partial charge < -0.3 is 10.1 Å². The summed E-state index contributed by atoms with van der Waals surface area (Å²) in [6.45, 7) is 8.78. The molecule has 1 fully saturated rings. The molecule has 0 atom stereocenters. The maximum atomic E-state index is 12.3. The molecule has 0 radical (unpaired) electrons. The molecule has 1 N–H and O–H groups in total. The topological polar surface area (TPSA) is 41.6 Å². The number of rotatable bonds is 9. The highest BCUT2D eigenvalue weighted by Crippen LogP contribution is 2.18. The second-order valence-electron chi connectivity index (χ2n) is 8.15. The number of carbonyl (C=O) groups is 1. The van der Waals surface area contributed by atoms with Crippen molar-refractivity contribution in [3.8, 4) is 5.75 Å². The fraction of sp³-hybridized carbons (Fsp3) is 0.480. The van der Waals surface area contributed by atoms with Gasteiger partial charge in [-0.3, -0.25) is 9.69 Å². The lowest BCUT2D eigenvalue weighted by Gasteiger charge is -2.30. The summed E-state index contributed by atoms with van der Waals surface area (Å²) in [6.07, 6.45) is 4.80. The summed E-state index contributed by atoms with van der Waals surface area (Å²) in [5.74, 6) is 1.64. The Morgan fingerprint density at radius 3 is 2.34 bits per heavy atom. The standard InChI is InChI=1S/C25H34N2O2/c1-3-4-21-7-11-24(12-8-21)29-18-15-26-25(28)23-9-5-22(6-10-23)19-27-16-13-20(2)14-17-27/h5-12,20H,3-4,13-19H2,1-2H3,(H,26,28). The zero-order valence-electron chi connectivity index (χ0n) is 17.8. The number of piperidine rings is 1. The fourth-order valence-corrected chi connectivity index (χ4v) is 3.72. The summed E-state index contributed by atoms with van der Waals surface area (Å²) in [7, 11) is 0. The van der Waals surface area contributed by atoms with Crippen LogP contribution < -0.4 is 10.1 Å². The average molecular weight is 395 g/mol. The number of nitrogens with zero attached hydrogens (tertiary/aromatic N) is 1. The van der Waals surface area contributed by atoms with E-state index >= 15 is 0 Å². The van der Waals surface area contributed by atoms with Crippen molar-refractivity contribution < 1.29 is 9.53 Å². The molecule has 0 spiro atoms. The number of hydrogen-bond acceptors (Lipinski definition) is 3. The van der Waals surface area contributed by atoms with E-state index in [0.717, 1.165) is 31.1 Å². The number of carbonyl (C=O) groups excluding carboxylic acids is 1. The first-order chi connectivity index (χ1) is 14.1. The number of aryl methyl sites for hydroxylation is 1. The van der Waals surface area contributed by atoms with Gasteiger partial charge in [-0.15, -0.1) is 0 Å².